The molecule has 37 heavy (non-hydrogen) atoms. The van der Waals surface area contributed by atoms with Crippen LogP contribution in [0.3, 0.4) is 0 Å². The van der Waals surface area contributed by atoms with Crippen molar-refractivity contribution < 1.29 is 0 Å². The third-order valence-corrected chi connectivity index (χ3v) is 6.62. The first-order chi connectivity index (χ1) is 18.2. The third-order valence-electron chi connectivity index (χ3n) is 6.62. The summed E-state index contributed by atoms with van der Waals surface area (Å²) in [6.07, 6.45) is 8.21. The number of anilines is 1. The Bertz CT molecular complexity index is 1880. The van der Waals surface area contributed by atoms with Gasteiger partial charge in [0, 0.05) is 33.3 Å². The first-order valence-corrected chi connectivity index (χ1v) is 12.2. The summed E-state index contributed by atoms with van der Waals surface area (Å²) >= 11 is 0. The van der Waals surface area contributed by atoms with Gasteiger partial charge in [-0.05, 0) is 102 Å². The van der Waals surface area contributed by atoms with Crippen LogP contribution >= 0.6 is 0 Å². The van der Waals surface area contributed by atoms with Gasteiger partial charge >= 0.3 is 0 Å². The fraction of sp³-hybridized carbons (Fsp3) is 0. The molecule has 0 spiro atoms. The van der Waals surface area contributed by atoms with Gasteiger partial charge in [0.25, 0.3) is 0 Å². The summed E-state index contributed by atoms with van der Waals surface area (Å²) in [4.78, 5) is 16.8. The lowest BCUT2D eigenvalue weighted by atomic mass is 9.98. The molecule has 5 aromatic rings. The molecule has 2 aliphatic heterocycles. The maximum atomic E-state index is 5.92. The highest BCUT2D eigenvalue weighted by Crippen LogP contribution is 2.33. The second-order valence-electron chi connectivity index (χ2n) is 9.26. The number of benzene rings is 2. The number of nitrogens with two attached hydrogens (primary N) is 1. The molecule has 4 N–H and O–H groups in total. The Morgan fingerprint density at radius 2 is 1.14 bits per heavy atom. The van der Waals surface area contributed by atoms with Crippen LogP contribution in [-0.2, 0) is 0 Å². The fourth-order valence-corrected chi connectivity index (χ4v) is 4.84. The smallest absolute Gasteiger partial charge is 0.0736 e. The Morgan fingerprint density at radius 1 is 0.514 bits per heavy atom. The summed E-state index contributed by atoms with van der Waals surface area (Å²) in [5.74, 6) is 0. The Hall–Kier alpha value is -5.16. The number of aromatic amines is 2. The zero-order valence-corrected chi connectivity index (χ0v) is 19.9. The number of fused-ring (bicyclic) bond motifs is 8. The van der Waals surface area contributed by atoms with E-state index >= 15 is 0 Å². The number of H-pyrrole nitrogens is 2. The van der Waals surface area contributed by atoms with Crippen molar-refractivity contribution in [1.29, 1.82) is 0 Å². The van der Waals surface area contributed by atoms with Crippen LogP contribution in [0.15, 0.2) is 91.0 Å². The Labute approximate surface area is 213 Å². The standard InChI is InChI=1S/C32H23N5/c33-23-6-4-20(5-7-23)21-2-1-3-22(16-21)32-30-14-12-28(36-30)18-26-10-8-24(34-26)17-25-9-11-27(35-25)19-29-13-15-31(32)37-29/h1-19,34,37H,33H2. The number of nitrogens with one attached hydrogen (secondary N) is 2. The molecule has 0 saturated heterocycles. The van der Waals surface area contributed by atoms with Gasteiger partial charge in [-0.25, -0.2) is 9.97 Å². The van der Waals surface area contributed by atoms with Crippen molar-refractivity contribution in [3.8, 4) is 22.3 Å². The summed E-state index contributed by atoms with van der Waals surface area (Å²) in [7, 11) is 0. The minimum absolute atomic E-state index is 0.755. The quantitative estimate of drug-likeness (QED) is 0.225. The molecule has 7 rings (SSSR count). The summed E-state index contributed by atoms with van der Waals surface area (Å²) in [6, 6.07) is 31.0. The highest BCUT2D eigenvalue weighted by Gasteiger charge is 2.12. The van der Waals surface area contributed by atoms with Crippen molar-refractivity contribution in [2.24, 2.45) is 0 Å². The maximum absolute atomic E-state index is 5.92. The normalized spacial score (nSPS) is 12.2. The van der Waals surface area contributed by atoms with E-state index in [9.17, 15) is 0 Å². The van der Waals surface area contributed by atoms with Crippen molar-refractivity contribution in [3.05, 3.63) is 114 Å². The third kappa shape index (κ3) is 4.13. The second kappa shape index (κ2) is 8.50. The topological polar surface area (TPSA) is 83.4 Å². The Balaban J connectivity index is 1.50. The summed E-state index contributed by atoms with van der Waals surface area (Å²) in [5, 5.41) is 0. The van der Waals surface area contributed by atoms with Crippen molar-refractivity contribution >= 4 is 52.1 Å². The number of rotatable bonds is 2. The Morgan fingerprint density at radius 3 is 1.89 bits per heavy atom. The predicted octanol–water partition coefficient (Wildman–Crippen LogP) is 7.57. The lowest BCUT2D eigenvalue weighted by Crippen LogP contribution is -1.87. The summed E-state index contributed by atoms with van der Waals surface area (Å²) < 4.78 is 0. The van der Waals surface area contributed by atoms with Crippen LogP contribution in [0.1, 0.15) is 22.8 Å². The van der Waals surface area contributed by atoms with E-state index in [1.165, 1.54) is 0 Å². The molecule has 176 valence electrons. The molecular weight excluding hydrogens is 454 g/mol. The SMILES string of the molecule is Nc1ccc(-c2cccc(-c3c4nc(cc5ccc(cc6nc(cc7ccc3[nH]7)C=C6)[nH]5)C=C4)c2)cc1. The monoisotopic (exact) mass is 477 g/mol. The van der Waals surface area contributed by atoms with Crippen molar-refractivity contribution in [1.82, 2.24) is 19.9 Å². The fourth-order valence-electron chi connectivity index (χ4n) is 4.84. The van der Waals surface area contributed by atoms with E-state index in [4.69, 9.17) is 15.7 Å². The molecule has 0 fully saturated rings. The molecular formula is C32H23N5. The molecule has 8 bridgehead atoms. The van der Waals surface area contributed by atoms with Gasteiger partial charge in [-0.15, -0.1) is 0 Å². The van der Waals surface area contributed by atoms with Gasteiger partial charge in [-0.3, -0.25) is 0 Å². The number of nitrogen functional groups attached to an aromatic ring is 1. The largest absolute Gasteiger partial charge is 0.399 e. The van der Waals surface area contributed by atoms with Gasteiger partial charge in [-0.2, -0.15) is 0 Å². The van der Waals surface area contributed by atoms with E-state index in [2.05, 4.69) is 94.9 Å². The maximum Gasteiger partial charge on any atom is 0.0736 e. The van der Waals surface area contributed by atoms with E-state index in [0.29, 0.717) is 0 Å². The first-order valence-electron chi connectivity index (χ1n) is 12.2. The second-order valence-corrected chi connectivity index (χ2v) is 9.26. The molecule has 0 unspecified atom stereocenters. The van der Waals surface area contributed by atoms with Crippen LogP contribution in [-0.4, -0.2) is 19.9 Å². The van der Waals surface area contributed by atoms with Crippen LogP contribution in [0.5, 0.6) is 0 Å². The molecule has 0 amide bonds. The Kier molecular flexibility index (Phi) is 4.86. The van der Waals surface area contributed by atoms with Crippen LogP contribution < -0.4 is 5.73 Å². The molecule has 3 aromatic heterocycles. The van der Waals surface area contributed by atoms with Crippen molar-refractivity contribution in [2.75, 3.05) is 5.73 Å². The van der Waals surface area contributed by atoms with E-state index in [0.717, 1.165) is 72.8 Å². The highest BCUT2D eigenvalue weighted by atomic mass is 14.8. The molecule has 5 heteroatoms. The molecule has 2 aliphatic rings. The van der Waals surface area contributed by atoms with Crippen LogP contribution in [0.2, 0.25) is 0 Å². The highest BCUT2D eigenvalue weighted by molar-refractivity contribution is 5.92. The molecule has 0 radical (unpaired) electrons. The number of hydrogen-bond donors (Lipinski definition) is 3. The van der Waals surface area contributed by atoms with E-state index < -0.39 is 0 Å². The van der Waals surface area contributed by atoms with Gasteiger partial charge < -0.3 is 15.7 Å². The van der Waals surface area contributed by atoms with Crippen LogP contribution in [0, 0.1) is 0 Å². The first kappa shape index (κ1) is 21.1. The molecule has 0 saturated carbocycles. The van der Waals surface area contributed by atoms with Gasteiger partial charge in [0.1, 0.15) is 0 Å². The lowest BCUT2D eigenvalue weighted by Gasteiger charge is -2.08. The predicted molar refractivity (Wildman–Crippen MR) is 154 cm³/mol. The van der Waals surface area contributed by atoms with E-state index in [1.807, 2.05) is 30.4 Å². The summed E-state index contributed by atoms with van der Waals surface area (Å²) in [6.45, 7) is 0. The molecule has 0 aliphatic carbocycles. The number of nitrogens with zero attached hydrogens (tertiary/aromatic N) is 2. The zero-order valence-electron chi connectivity index (χ0n) is 19.9. The van der Waals surface area contributed by atoms with Crippen LogP contribution in [0.25, 0.3) is 68.6 Å². The van der Waals surface area contributed by atoms with Gasteiger partial charge in [0.05, 0.1) is 22.8 Å². The number of aromatic nitrogens is 4. The average Bonchev–Trinajstić information content (AvgIpc) is 3.71. The number of hydrogen-bond acceptors (Lipinski definition) is 3. The molecule has 5 nitrogen and oxygen atoms in total. The zero-order chi connectivity index (χ0) is 24.8. The van der Waals surface area contributed by atoms with E-state index in [-0.39, 0.29) is 0 Å². The van der Waals surface area contributed by atoms with E-state index in [1.54, 1.807) is 0 Å². The molecule has 2 aromatic carbocycles. The molecule has 5 heterocycles. The minimum atomic E-state index is 0.755. The van der Waals surface area contributed by atoms with Crippen LogP contribution in [0.4, 0.5) is 5.69 Å². The minimum Gasteiger partial charge on any atom is -0.399 e. The van der Waals surface area contributed by atoms with Gasteiger partial charge in [0.15, 0.2) is 0 Å². The summed E-state index contributed by atoms with van der Waals surface area (Å²) in [5.41, 5.74) is 18.7. The van der Waals surface area contributed by atoms with Crippen molar-refractivity contribution in [2.45, 2.75) is 0 Å². The van der Waals surface area contributed by atoms with Gasteiger partial charge in [-0.1, -0.05) is 30.3 Å². The lowest BCUT2D eigenvalue weighted by molar-refractivity contribution is 1.31. The van der Waals surface area contributed by atoms with Crippen molar-refractivity contribution in [3.63, 3.8) is 0 Å². The average molecular weight is 478 g/mol. The van der Waals surface area contributed by atoms with Gasteiger partial charge in [0.2, 0.25) is 0 Å². The molecule has 0 atom stereocenters.